The SMILES string of the molecule is CCC1=Cc2c(-c3ccccc3)cc(C(C)C)cc2[CH]1[Zr]([Cl])[Cl]. The first kappa shape index (κ1) is 17.5. The first-order valence-electron chi connectivity index (χ1n) is 8.14. The summed E-state index contributed by atoms with van der Waals surface area (Å²) in [5, 5.41) is 0. The number of hydrogen-bond donors (Lipinski definition) is 0. The number of rotatable bonds is 4. The number of hydrogen-bond acceptors (Lipinski definition) is 0. The van der Waals surface area contributed by atoms with E-state index in [1.54, 1.807) is 0 Å². The van der Waals surface area contributed by atoms with Gasteiger partial charge < -0.3 is 0 Å². The fourth-order valence-corrected chi connectivity index (χ4v) is 8.93. The Labute approximate surface area is 154 Å². The molecule has 1 unspecified atom stereocenters. The van der Waals surface area contributed by atoms with E-state index < -0.39 is 19.4 Å². The van der Waals surface area contributed by atoms with Crippen molar-refractivity contribution in [3.63, 3.8) is 0 Å². The summed E-state index contributed by atoms with van der Waals surface area (Å²) in [5.41, 5.74) is 8.08. The molecule has 3 rings (SSSR count). The second-order valence-corrected chi connectivity index (χ2v) is 15.2. The Morgan fingerprint density at radius 2 is 1.78 bits per heavy atom. The van der Waals surface area contributed by atoms with Gasteiger partial charge in [0.25, 0.3) is 0 Å². The molecule has 2 aromatic rings. The van der Waals surface area contributed by atoms with Crippen LogP contribution in [0.1, 0.15) is 53.4 Å². The van der Waals surface area contributed by atoms with Crippen LogP contribution in [0.25, 0.3) is 17.2 Å². The van der Waals surface area contributed by atoms with Crippen LogP contribution < -0.4 is 0 Å². The molecule has 3 heteroatoms. The van der Waals surface area contributed by atoms with Crippen molar-refractivity contribution in [2.24, 2.45) is 0 Å². The average molecular weight is 424 g/mol. The number of allylic oxidation sites excluding steroid dienone is 1. The molecule has 119 valence electrons. The van der Waals surface area contributed by atoms with E-state index in [2.05, 4.69) is 69.3 Å². The molecule has 0 amide bonds. The maximum absolute atomic E-state index is 6.54. The predicted molar refractivity (Wildman–Crippen MR) is 98.7 cm³/mol. The molecule has 0 fully saturated rings. The fraction of sp³-hybridized carbons (Fsp3) is 0.300. The Hall–Kier alpha value is -0.357. The van der Waals surface area contributed by atoms with Crippen LogP contribution in [0.2, 0.25) is 0 Å². The fourth-order valence-electron chi connectivity index (χ4n) is 3.32. The average Bonchev–Trinajstić information content (AvgIpc) is 2.93. The van der Waals surface area contributed by atoms with Crippen LogP contribution in [0.15, 0.2) is 48.0 Å². The summed E-state index contributed by atoms with van der Waals surface area (Å²) in [6.07, 6.45) is 3.37. The molecule has 0 aliphatic heterocycles. The molecule has 0 saturated carbocycles. The van der Waals surface area contributed by atoms with Crippen molar-refractivity contribution in [2.45, 2.75) is 36.7 Å². The van der Waals surface area contributed by atoms with Crippen molar-refractivity contribution in [3.05, 3.63) is 64.7 Å². The second-order valence-electron chi connectivity index (χ2n) is 6.39. The third kappa shape index (κ3) is 3.39. The molecular weight excluding hydrogens is 402 g/mol. The molecule has 0 spiro atoms. The third-order valence-electron chi connectivity index (χ3n) is 4.62. The Bertz CT molecular complexity index is 733. The van der Waals surface area contributed by atoms with Gasteiger partial charge >= 0.3 is 155 Å². The standard InChI is InChI=1S/C20H21.2ClH.Zr/c1-4-15-10-18-12-17(14(2)3)13-20(19(18)11-15)16-8-6-5-7-9-16;;;/h5-14H,4H2,1-3H3;2*1H;/q;;;+2/p-2. The van der Waals surface area contributed by atoms with E-state index in [0.29, 0.717) is 9.54 Å². The van der Waals surface area contributed by atoms with Crippen molar-refractivity contribution in [1.29, 1.82) is 0 Å². The molecule has 1 aliphatic rings. The Kier molecular flexibility index (Phi) is 5.51. The molecule has 0 nitrogen and oxygen atoms in total. The zero-order chi connectivity index (χ0) is 16.6. The van der Waals surface area contributed by atoms with Crippen molar-refractivity contribution < 1.29 is 19.4 Å². The molecule has 0 heterocycles. The number of fused-ring (bicyclic) bond motifs is 1. The summed E-state index contributed by atoms with van der Waals surface area (Å²) in [7, 11) is 13.1. The van der Waals surface area contributed by atoms with Gasteiger partial charge in [0.2, 0.25) is 0 Å². The van der Waals surface area contributed by atoms with E-state index >= 15 is 0 Å². The van der Waals surface area contributed by atoms with Crippen LogP contribution >= 0.6 is 17.0 Å². The van der Waals surface area contributed by atoms with Crippen LogP contribution in [0.4, 0.5) is 0 Å². The van der Waals surface area contributed by atoms with Crippen molar-refractivity contribution in [1.82, 2.24) is 0 Å². The van der Waals surface area contributed by atoms with Crippen molar-refractivity contribution in [2.75, 3.05) is 0 Å². The molecule has 1 aliphatic carbocycles. The van der Waals surface area contributed by atoms with Gasteiger partial charge in [-0.05, 0) is 0 Å². The van der Waals surface area contributed by atoms with E-state index in [9.17, 15) is 0 Å². The number of benzene rings is 2. The molecule has 0 bridgehead atoms. The van der Waals surface area contributed by atoms with Gasteiger partial charge in [-0.2, -0.15) is 0 Å². The predicted octanol–water partition coefficient (Wildman–Crippen LogP) is 7.25. The zero-order valence-electron chi connectivity index (χ0n) is 13.7. The van der Waals surface area contributed by atoms with E-state index in [0.717, 1.165) is 6.42 Å². The topological polar surface area (TPSA) is 0 Å². The molecule has 23 heavy (non-hydrogen) atoms. The normalized spacial score (nSPS) is 16.4. The van der Waals surface area contributed by atoms with Gasteiger partial charge in [0, 0.05) is 0 Å². The first-order valence-corrected chi connectivity index (χ1v) is 15.9. The van der Waals surface area contributed by atoms with Gasteiger partial charge in [-0.15, -0.1) is 0 Å². The molecule has 0 radical (unpaired) electrons. The van der Waals surface area contributed by atoms with Gasteiger partial charge in [-0.3, -0.25) is 0 Å². The summed E-state index contributed by atoms with van der Waals surface area (Å²) in [6.45, 7) is 6.70. The Morgan fingerprint density at radius 1 is 1.09 bits per heavy atom. The minimum atomic E-state index is -2.42. The summed E-state index contributed by atoms with van der Waals surface area (Å²) in [4.78, 5) is 0. The minimum absolute atomic E-state index is 0.307. The van der Waals surface area contributed by atoms with Crippen LogP contribution in [0.3, 0.4) is 0 Å². The summed E-state index contributed by atoms with van der Waals surface area (Å²) < 4.78 is 0.307. The second kappa shape index (κ2) is 7.26. The van der Waals surface area contributed by atoms with Gasteiger partial charge in [-0.1, -0.05) is 0 Å². The summed E-state index contributed by atoms with van der Waals surface area (Å²) in [5.74, 6) is 0.492. The third-order valence-corrected chi connectivity index (χ3v) is 9.95. The van der Waals surface area contributed by atoms with Crippen LogP contribution in [0, 0.1) is 0 Å². The van der Waals surface area contributed by atoms with Gasteiger partial charge in [0.15, 0.2) is 0 Å². The Morgan fingerprint density at radius 3 is 2.35 bits per heavy atom. The van der Waals surface area contributed by atoms with E-state index in [1.165, 1.54) is 33.4 Å². The molecule has 0 aromatic heterocycles. The Balaban J connectivity index is 2.25. The molecule has 2 aromatic carbocycles. The molecule has 0 saturated heterocycles. The monoisotopic (exact) mass is 421 g/mol. The van der Waals surface area contributed by atoms with Crippen LogP contribution in [-0.4, -0.2) is 0 Å². The quantitative estimate of drug-likeness (QED) is 0.486. The summed E-state index contributed by atoms with van der Waals surface area (Å²) >= 11 is -2.42. The van der Waals surface area contributed by atoms with Crippen molar-refractivity contribution in [3.8, 4) is 11.1 Å². The van der Waals surface area contributed by atoms with E-state index in [1.807, 2.05) is 0 Å². The van der Waals surface area contributed by atoms with Gasteiger partial charge in [-0.25, -0.2) is 0 Å². The van der Waals surface area contributed by atoms with Crippen LogP contribution in [0.5, 0.6) is 0 Å². The molecular formula is C20H21Cl2Zr. The molecule has 1 atom stereocenters. The summed E-state index contributed by atoms with van der Waals surface area (Å²) in [6, 6.07) is 15.3. The van der Waals surface area contributed by atoms with Crippen LogP contribution in [-0.2, 0) is 19.4 Å². The number of halogens is 2. The van der Waals surface area contributed by atoms with Gasteiger partial charge in [0.1, 0.15) is 0 Å². The first-order chi connectivity index (χ1) is 11.0. The van der Waals surface area contributed by atoms with Crippen molar-refractivity contribution >= 4 is 23.1 Å². The van der Waals surface area contributed by atoms with E-state index in [-0.39, 0.29) is 0 Å². The van der Waals surface area contributed by atoms with E-state index in [4.69, 9.17) is 17.0 Å². The maximum atomic E-state index is 6.54. The molecule has 0 N–H and O–H groups in total. The van der Waals surface area contributed by atoms with Gasteiger partial charge in [0.05, 0.1) is 0 Å². The zero-order valence-corrected chi connectivity index (χ0v) is 17.7.